The number of thioether (sulfide) groups is 1. The molecule has 0 aliphatic carbocycles. The van der Waals surface area contributed by atoms with Crippen LogP contribution < -0.4 is 22.2 Å². The van der Waals surface area contributed by atoms with E-state index in [1.165, 1.54) is 6.08 Å². The molecule has 0 amide bonds. The normalized spacial score (nSPS) is 12.4. The van der Waals surface area contributed by atoms with E-state index in [9.17, 15) is 88.6 Å². The van der Waals surface area contributed by atoms with E-state index in [-0.39, 0.29) is 42.0 Å². The minimum absolute atomic E-state index is 0.0275. The van der Waals surface area contributed by atoms with Gasteiger partial charge in [0.2, 0.25) is 5.95 Å². The number of anilines is 3. The second-order valence-electron chi connectivity index (χ2n) is 11.2. The van der Waals surface area contributed by atoms with E-state index in [4.69, 9.17) is 5.73 Å². The third kappa shape index (κ3) is 13.7. The van der Waals surface area contributed by atoms with Crippen molar-refractivity contribution in [3.05, 3.63) is 128 Å². The van der Waals surface area contributed by atoms with Crippen LogP contribution >= 0.6 is 11.8 Å². The molecule has 4 aromatic rings. The van der Waals surface area contributed by atoms with Gasteiger partial charge in [0.1, 0.15) is 0 Å². The van der Waals surface area contributed by atoms with Crippen LogP contribution in [-0.2, 0) is 50.1 Å². The van der Waals surface area contributed by atoms with E-state index in [2.05, 4.69) is 23.1 Å². The fourth-order valence-electron chi connectivity index (χ4n) is 4.32. The Hall–Kier alpha value is -5.63. The molecular formula is C33H24F18N6O2S. The molecule has 0 saturated heterocycles. The highest BCUT2D eigenvalue weighted by atomic mass is 32.2. The molecule has 0 saturated carbocycles. The number of alkyl halides is 18. The van der Waals surface area contributed by atoms with Crippen LogP contribution in [0.15, 0.2) is 88.6 Å². The predicted octanol–water partition coefficient (Wildman–Crippen LogP) is 10.7. The van der Waals surface area contributed by atoms with Gasteiger partial charge in [0.05, 0.1) is 27.9 Å². The minimum atomic E-state index is -5.14. The highest BCUT2D eigenvalue weighted by Gasteiger charge is 2.39. The minimum Gasteiger partial charge on any atom is -0.398 e. The van der Waals surface area contributed by atoms with Gasteiger partial charge < -0.3 is 11.1 Å². The van der Waals surface area contributed by atoms with Crippen LogP contribution in [0.2, 0.25) is 0 Å². The van der Waals surface area contributed by atoms with Gasteiger partial charge in [-0.25, -0.2) is 9.97 Å². The van der Waals surface area contributed by atoms with Gasteiger partial charge in [0.25, 0.3) is 11.1 Å². The number of nitrogens with zero attached hydrogens (tertiary/aromatic N) is 4. The maximum Gasteiger partial charge on any atom is 0.433 e. The Morgan fingerprint density at radius 2 is 1.02 bits per heavy atom. The molecule has 4 rings (SSSR count). The number of nitrogens with two attached hydrogens (primary N) is 1. The third-order valence-corrected chi connectivity index (χ3v) is 7.63. The van der Waals surface area contributed by atoms with Crippen molar-refractivity contribution in [3.63, 3.8) is 0 Å². The second kappa shape index (κ2) is 18.7. The molecule has 0 fully saturated rings. The van der Waals surface area contributed by atoms with E-state index < -0.39 is 106 Å². The fraction of sp³-hybridized carbons (Fsp3) is 0.273. The first-order chi connectivity index (χ1) is 27.2. The Bertz CT molecular complexity index is 2270. The maximum absolute atomic E-state index is 13.2. The van der Waals surface area contributed by atoms with Crippen LogP contribution in [0.1, 0.15) is 33.6 Å². The van der Waals surface area contributed by atoms with Crippen molar-refractivity contribution in [1.82, 2.24) is 19.1 Å². The van der Waals surface area contributed by atoms with Crippen LogP contribution in [-0.4, -0.2) is 25.4 Å². The van der Waals surface area contributed by atoms with Gasteiger partial charge in [-0.2, -0.15) is 79.0 Å². The number of rotatable bonds is 7. The summed E-state index contributed by atoms with van der Waals surface area (Å²) in [5, 5.41) is 1.81. The summed E-state index contributed by atoms with van der Waals surface area (Å²) in [5.41, 5.74) is -7.75. The zero-order valence-electron chi connectivity index (χ0n) is 29.5. The van der Waals surface area contributed by atoms with Crippen LogP contribution in [0.5, 0.6) is 0 Å². The third-order valence-electron chi connectivity index (χ3n) is 6.95. The second-order valence-corrected chi connectivity index (χ2v) is 12.0. The molecule has 8 nitrogen and oxygen atoms in total. The summed E-state index contributed by atoms with van der Waals surface area (Å²) in [6, 6.07) is 1.88. The van der Waals surface area contributed by atoms with Gasteiger partial charge in [-0.3, -0.25) is 18.7 Å². The first kappa shape index (κ1) is 50.5. The van der Waals surface area contributed by atoms with Crippen LogP contribution in [0.4, 0.5) is 96.4 Å². The van der Waals surface area contributed by atoms with Crippen LogP contribution in [0.3, 0.4) is 0 Å². The first-order valence-electron chi connectivity index (χ1n) is 15.4. The van der Waals surface area contributed by atoms with Crippen molar-refractivity contribution >= 4 is 29.1 Å². The zero-order chi connectivity index (χ0) is 46.4. The molecule has 60 heavy (non-hydrogen) atoms. The van der Waals surface area contributed by atoms with Crippen molar-refractivity contribution in [3.8, 4) is 0 Å². The van der Waals surface area contributed by atoms with E-state index >= 15 is 0 Å². The maximum atomic E-state index is 13.2. The lowest BCUT2D eigenvalue weighted by atomic mass is 10.1. The van der Waals surface area contributed by atoms with Crippen molar-refractivity contribution < 1.29 is 79.0 Å². The summed E-state index contributed by atoms with van der Waals surface area (Å²) < 4.78 is 228. The molecule has 0 unspecified atom stereocenters. The Balaban J connectivity index is 0.000000338. The van der Waals surface area contributed by atoms with E-state index in [1.807, 2.05) is 0 Å². The molecule has 3 N–H and O–H groups in total. The molecule has 0 radical (unpaired) electrons. The number of nitrogen functional groups attached to an aromatic ring is 1. The topological polar surface area (TPSA) is 108 Å². The molecule has 2 aromatic heterocycles. The summed E-state index contributed by atoms with van der Waals surface area (Å²) >= 11 is 0.984. The molecule has 2 heterocycles. The highest BCUT2D eigenvalue weighted by Crippen LogP contribution is 2.41. The quantitative estimate of drug-likeness (QED) is 0.0625. The first-order valence-corrected chi connectivity index (χ1v) is 16.6. The summed E-state index contributed by atoms with van der Waals surface area (Å²) in [7, 11) is 0. The highest BCUT2D eigenvalue weighted by molar-refractivity contribution is 7.98. The lowest BCUT2D eigenvalue weighted by Gasteiger charge is -2.19. The number of hydrogen-bond acceptors (Lipinski definition) is 7. The standard InChI is InChI=1S/C16H10F9N3O.C9H9F3N2OS.C8H5F6N/c1-2-5-28-12(29)7-11(16(23,24)25)27-13(28)26-10-6-8(14(17,18)19)3-4-9(10)15(20,21)22;1-3-4-14-7(15)5-6(9(10,11)12)13-8(14)16-2;9-7(10,11)4-1-2-5(6(15)3-4)8(12,13)14/h2-4,6-7H,1,5H2,(H,26,27);3,5H,1,4H2,2H3;1-3H,15H2. The number of aromatic nitrogens is 4. The molecule has 0 atom stereocenters. The molecule has 0 aliphatic rings. The van der Waals surface area contributed by atoms with Crippen molar-refractivity contribution in [1.29, 1.82) is 0 Å². The van der Waals surface area contributed by atoms with Gasteiger partial charge >= 0.3 is 37.1 Å². The summed E-state index contributed by atoms with van der Waals surface area (Å²) in [5.74, 6) is -1.03. The molecular weight excluding hydrogens is 886 g/mol. The van der Waals surface area contributed by atoms with Crippen LogP contribution in [0.25, 0.3) is 0 Å². The van der Waals surface area contributed by atoms with E-state index in [0.717, 1.165) is 22.4 Å². The van der Waals surface area contributed by atoms with Gasteiger partial charge in [-0.05, 0) is 42.7 Å². The molecule has 27 heteroatoms. The Morgan fingerprint density at radius 3 is 1.42 bits per heavy atom. The van der Waals surface area contributed by atoms with Gasteiger partial charge in [0.15, 0.2) is 16.5 Å². The number of nitrogens with one attached hydrogen (secondary N) is 1. The number of allylic oxidation sites excluding steroid dienone is 2. The number of hydrogen-bond donors (Lipinski definition) is 2. The zero-order valence-corrected chi connectivity index (χ0v) is 30.3. The Morgan fingerprint density at radius 1 is 0.600 bits per heavy atom. The monoisotopic (exact) mass is 910 g/mol. The van der Waals surface area contributed by atoms with Gasteiger partial charge in [0, 0.05) is 30.9 Å². The predicted molar refractivity (Wildman–Crippen MR) is 180 cm³/mol. The van der Waals surface area contributed by atoms with Crippen molar-refractivity contribution in [2.45, 2.75) is 55.3 Å². The largest absolute Gasteiger partial charge is 0.433 e. The average molecular weight is 911 g/mol. The summed E-state index contributed by atoms with van der Waals surface area (Å²) in [4.78, 5) is 29.8. The van der Waals surface area contributed by atoms with Crippen LogP contribution in [0, 0.1) is 0 Å². The van der Waals surface area contributed by atoms with E-state index in [0.29, 0.717) is 22.8 Å². The molecule has 2 aromatic carbocycles. The molecule has 330 valence electrons. The molecule has 0 spiro atoms. The fourth-order valence-corrected chi connectivity index (χ4v) is 4.90. The van der Waals surface area contributed by atoms with E-state index in [1.54, 1.807) is 11.6 Å². The van der Waals surface area contributed by atoms with Crippen molar-refractivity contribution in [2.24, 2.45) is 0 Å². The summed E-state index contributed by atoms with van der Waals surface area (Å²) in [6.45, 7) is 6.35. The lowest BCUT2D eigenvalue weighted by Crippen LogP contribution is -2.27. The molecule has 0 aliphatic heterocycles. The molecule has 0 bridgehead atoms. The average Bonchev–Trinajstić information content (AvgIpc) is 3.08. The summed E-state index contributed by atoms with van der Waals surface area (Å²) in [6.07, 6.45) is -25.3. The van der Waals surface area contributed by atoms with Gasteiger partial charge in [-0.15, -0.1) is 13.2 Å². The number of benzene rings is 2. The number of halogens is 18. The van der Waals surface area contributed by atoms with Gasteiger partial charge in [-0.1, -0.05) is 23.9 Å². The SMILES string of the molecule is C=CCn1c(Nc2cc(C(F)(F)F)ccc2C(F)(F)F)nc(C(F)(F)F)cc1=O.C=CCn1c(SC)nc(C(F)(F)F)cc1=O.Nc1cc(C(F)(F)F)ccc1C(F)(F)F. The smallest absolute Gasteiger partial charge is 0.398 e. The lowest BCUT2D eigenvalue weighted by molar-refractivity contribution is -0.142. The Labute approximate surface area is 328 Å². The van der Waals surface area contributed by atoms with Crippen molar-refractivity contribution in [2.75, 3.05) is 17.3 Å². The Kier molecular flexibility index (Phi) is 15.8.